The number of methoxy groups -OCH3 is 2. The Labute approximate surface area is 159 Å². The van der Waals surface area contributed by atoms with E-state index in [9.17, 15) is 4.79 Å². The van der Waals surface area contributed by atoms with Crippen LogP contribution >= 0.6 is 11.3 Å². The first-order valence-electron chi connectivity index (χ1n) is 8.31. The van der Waals surface area contributed by atoms with Crippen LogP contribution in [-0.4, -0.2) is 37.9 Å². The highest BCUT2D eigenvalue weighted by Crippen LogP contribution is 2.35. The van der Waals surface area contributed by atoms with Gasteiger partial charge in [0.15, 0.2) is 27.8 Å². The first-order valence-corrected chi connectivity index (χ1v) is 9.13. The van der Waals surface area contributed by atoms with Crippen LogP contribution in [0, 0.1) is 0 Å². The SMILES string of the molecule is COc1cccc(C(=O)N=c2sc3cc4c(cc3n2C)OCCO4)c1OC. The minimum Gasteiger partial charge on any atom is -0.493 e. The normalized spacial score (nSPS) is 13.7. The molecule has 0 bridgehead atoms. The lowest BCUT2D eigenvalue weighted by Crippen LogP contribution is -2.16. The zero-order chi connectivity index (χ0) is 19.0. The van der Waals surface area contributed by atoms with E-state index < -0.39 is 5.91 Å². The van der Waals surface area contributed by atoms with Gasteiger partial charge in [0, 0.05) is 19.2 Å². The van der Waals surface area contributed by atoms with E-state index in [-0.39, 0.29) is 0 Å². The summed E-state index contributed by atoms with van der Waals surface area (Å²) in [7, 11) is 4.89. The Kier molecular flexibility index (Phi) is 4.49. The number of aryl methyl sites for hydroxylation is 1. The number of aromatic nitrogens is 1. The largest absolute Gasteiger partial charge is 0.493 e. The summed E-state index contributed by atoms with van der Waals surface area (Å²) in [5.41, 5.74) is 1.27. The second-order valence-corrected chi connectivity index (χ2v) is 6.87. The van der Waals surface area contributed by atoms with Gasteiger partial charge in [0.25, 0.3) is 5.91 Å². The summed E-state index contributed by atoms with van der Waals surface area (Å²) in [6.45, 7) is 1.05. The molecule has 140 valence electrons. The van der Waals surface area contributed by atoms with Crippen LogP contribution in [0.1, 0.15) is 10.4 Å². The number of benzene rings is 2. The van der Waals surface area contributed by atoms with Crippen LogP contribution in [0.25, 0.3) is 10.2 Å². The van der Waals surface area contributed by atoms with E-state index in [2.05, 4.69) is 4.99 Å². The van der Waals surface area contributed by atoms with Gasteiger partial charge < -0.3 is 23.5 Å². The van der Waals surface area contributed by atoms with Crippen LogP contribution in [0.5, 0.6) is 23.0 Å². The molecule has 1 aliphatic rings. The Morgan fingerprint density at radius 3 is 2.59 bits per heavy atom. The van der Waals surface area contributed by atoms with Crippen LogP contribution in [0.4, 0.5) is 0 Å². The third-order valence-corrected chi connectivity index (χ3v) is 5.40. The molecule has 0 aliphatic carbocycles. The van der Waals surface area contributed by atoms with Crippen molar-refractivity contribution in [2.24, 2.45) is 12.0 Å². The van der Waals surface area contributed by atoms with Crippen molar-refractivity contribution < 1.29 is 23.7 Å². The van der Waals surface area contributed by atoms with Crippen LogP contribution in [0.15, 0.2) is 35.3 Å². The van der Waals surface area contributed by atoms with Gasteiger partial charge in [-0.3, -0.25) is 4.79 Å². The monoisotopic (exact) mass is 386 g/mol. The summed E-state index contributed by atoms with van der Waals surface area (Å²) in [6.07, 6.45) is 0. The summed E-state index contributed by atoms with van der Waals surface area (Å²) in [5.74, 6) is 1.87. The van der Waals surface area contributed by atoms with E-state index in [1.165, 1.54) is 25.6 Å². The van der Waals surface area contributed by atoms with E-state index in [0.717, 1.165) is 10.2 Å². The molecule has 0 saturated heterocycles. The molecule has 0 fully saturated rings. The minimum atomic E-state index is -0.398. The zero-order valence-electron chi connectivity index (χ0n) is 15.1. The summed E-state index contributed by atoms with van der Waals surface area (Å²) >= 11 is 1.41. The fourth-order valence-corrected chi connectivity index (χ4v) is 4.00. The molecular formula is C19H18N2O5S. The first kappa shape index (κ1) is 17.4. The summed E-state index contributed by atoms with van der Waals surface area (Å²) in [6, 6.07) is 8.97. The Bertz CT molecular complexity index is 1100. The maximum absolute atomic E-state index is 12.8. The predicted octanol–water partition coefficient (Wildman–Crippen LogP) is 2.77. The van der Waals surface area contributed by atoms with Gasteiger partial charge in [0.2, 0.25) is 0 Å². The highest BCUT2D eigenvalue weighted by Gasteiger charge is 2.18. The number of amides is 1. The Morgan fingerprint density at radius 1 is 1.15 bits per heavy atom. The number of hydrogen-bond donors (Lipinski definition) is 0. The van der Waals surface area contributed by atoms with E-state index in [0.29, 0.717) is 46.6 Å². The van der Waals surface area contributed by atoms with Crippen LogP contribution in [0.3, 0.4) is 0 Å². The number of carbonyl (C=O) groups excluding carboxylic acids is 1. The quantitative estimate of drug-likeness (QED) is 0.692. The summed E-state index contributed by atoms with van der Waals surface area (Å²) in [4.78, 5) is 17.7. The number of fused-ring (bicyclic) bond motifs is 2. The van der Waals surface area contributed by atoms with Crippen molar-refractivity contribution in [1.82, 2.24) is 4.57 Å². The standard InChI is InChI=1S/C19H18N2O5S/c1-21-12-9-14-15(26-8-7-25-14)10-16(12)27-19(21)20-18(22)11-5-4-6-13(23-2)17(11)24-3/h4-6,9-10H,7-8H2,1-3H3. The second-order valence-electron chi connectivity index (χ2n) is 5.87. The smallest absolute Gasteiger partial charge is 0.283 e. The molecule has 0 radical (unpaired) electrons. The molecule has 1 aliphatic heterocycles. The molecule has 4 rings (SSSR count). The molecular weight excluding hydrogens is 368 g/mol. The Balaban J connectivity index is 1.81. The lowest BCUT2D eigenvalue weighted by atomic mass is 10.2. The highest BCUT2D eigenvalue weighted by atomic mass is 32.1. The van der Waals surface area contributed by atoms with Crippen molar-refractivity contribution in [3.63, 3.8) is 0 Å². The van der Waals surface area contributed by atoms with Crippen LogP contribution < -0.4 is 23.7 Å². The third kappa shape index (κ3) is 3.02. The molecule has 0 spiro atoms. The molecule has 2 heterocycles. The zero-order valence-corrected chi connectivity index (χ0v) is 16.0. The van der Waals surface area contributed by atoms with Crippen molar-refractivity contribution in [2.45, 2.75) is 0 Å². The summed E-state index contributed by atoms with van der Waals surface area (Å²) in [5, 5.41) is 0. The van der Waals surface area contributed by atoms with E-state index in [1.54, 1.807) is 18.2 Å². The van der Waals surface area contributed by atoms with E-state index >= 15 is 0 Å². The predicted molar refractivity (Wildman–Crippen MR) is 101 cm³/mol. The van der Waals surface area contributed by atoms with Crippen molar-refractivity contribution in [3.05, 3.63) is 40.7 Å². The molecule has 1 aromatic heterocycles. The molecule has 7 nitrogen and oxygen atoms in total. The molecule has 0 saturated carbocycles. The molecule has 8 heteroatoms. The number of carbonyl (C=O) groups is 1. The van der Waals surface area contributed by atoms with Crippen molar-refractivity contribution in [3.8, 4) is 23.0 Å². The number of thiazole rings is 1. The Hall–Kier alpha value is -3.00. The van der Waals surface area contributed by atoms with Gasteiger partial charge in [0.05, 0.1) is 30.0 Å². The highest BCUT2D eigenvalue weighted by molar-refractivity contribution is 7.16. The number of para-hydroxylation sites is 1. The molecule has 2 aromatic carbocycles. The molecule has 27 heavy (non-hydrogen) atoms. The fourth-order valence-electron chi connectivity index (χ4n) is 2.97. The molecule has 0 atom stereocenters. The molecule has 0 unspecified atom stereocenters. The van der Waals surface area contributed by atoms with Gasteiger partial charge in [-0.05, 0) is 12.1 Å². The maximum Gasteiger partial charge on any atom is 0.283 e. The lowest BCUT2D eigenvalue weighted by Gasteiger charge is -2.18. The van der Waals surface area contributed by atoms with Crippen molar-refractivity contribution in [2.75, 3.05) is 27.4 Å². The second kappa shape index (κ2) is 6.96. The van der Waals surface area contributed by atoms with E-state index in [1.807, 2.05) is 23.7 Å². The summed E-state index contributed by atoms with van der Waals surface area (Å²) < 4.78 is 24.7. The van der Waals surface area contributed by atoms with Gasteiger partial charge in [-0.1, -0.05) is 17.4 Å². The van der Waals surface area contributed by atoms with Gasteiger partial charge in [-0.25, -0.2) is 0 Å². The first-order chi connectivity index (χ1) is 13.1. The third-order valence-electron chi connectivity index (χ3n) is 4.30. The van der Waals surface area contributed by atoms with Crippen molar-refractivity contribution in [1.29, 1.82) is 0 Å². The minimum absolute atomic E-state index is 0.347. The number of nitrogens with zero attached hydrogens (tertiary/aromatic N) is 2. The average molecular weight is 386 g/mol. The average Bonchev–Trinajstić information content (AvgIpc) is 3.00. The van der Waals surface area contributed by atoms with Gasteiger partial charge in [0.1, 0.15) is 13.2 Å². The molecule has 0 N–H and O–H groups in total. The Morgan fingerprint density at radius 2 is 1.89 bits per heavy atom. The lowest BCUT2D eigenvalue weighted by molar-refractivity contribution is 0.0994. The number of rotatable bonds is 3. The van der Waals surface area contributed by atoms with Crippen LogP contribution in [0.2, 0.25) is 0 Å². The van der Waals surface area contributed by atoms with Crippen molar-refractivity contribution >= 4 is 27.5 Å². The topological polar surface area (TPSA) is 71.3 Å². The van der Waals surface area contributed by atoms with Crippen LogP contribution in [-0.2, 0) is 7.05 Å². The van der Waals surface area contributed by atoms with Gasteiger partial charge >= 0.3 is 0 Å². The van der Waals surface area contributed by atoms with E-state index in [4.69, 9.17) is 18.9 Å². The fraction of sp³-hybridized carbons (Fsp3) is 0.263. The maximum atomic E-state index is 12.8. The molecule has 1 amide bonds. The number of hydrogen-bond acceptors (Lipinski definition) is 6. The van der Waals surface area contributed by atoms with Gasteiger partial charge in [-0.2, -0.15) is 4.99 Å². The number of ether oxygens (including phenoxy) is 4. The molecule has 3 aromatic rings. The van der Waals surface area contributed by atoms with Gasteiger partial charge in [-0.15, -0.1) is 0 Å².